The molecule has 0 radical (unpaired) electrons. The zero-order chi connectivity index (χ0) is 14.2. The van der Waals surface area contributed by atoms with Crippen LogP contribution in [-0.2, 0) is 11.3 Å². The predicted octanol–water partition coefficient (Wildman–Crippen LogP) is 1.46. The average molecular weight is 280 g/mol. The molecular formula is C14H24N4O2. The molecule has 0 saturated carbocycles. The molecule has 1 aromatic heterocycles. The maximum Gasteiger partial charge on any atom is 0.218 e. The molecule has 1 saturated heterocycles. The van der Waals surface area contributed by atoms with Gasteiger partial charge in [-0.15, -0.1) is 0 Å². The van der Waals surface area contributed by atoms with E-state index in [1.54, 1.807) is 6.07 Å². The number of hydrogen-bond acceptors (Lipinski definition) is 6. The maximum absolute atomic E-state index is 5.75. The lowest BCUT2D eigenvalue weighted by molar-refractivity contribution is 0.127. The van der Waals surface area contributed by atoms with Crippen molar-refractivity contribution in [2.24, 2.45) is 0 Å². The van der Waals surface area contributed by atoms with Gasteiger partial charge in [0.05, 0.1) is 0 Å². The van der Waals surface area contributed by atoms with E-state index in [0.717, 1.165) is 6.54 Å². The van der Waals surface area contributed by atoms with Gasteiger partial charge >= 0.3 is 0 Å². The molecule has 2 rings (SSSR count). The molecule has 2 heterocycles. The van der Waals surface area contributed by atoms with Crippen LogP contribution in [0, 0.1) is 0 Å². The molecule has 112 valence electrons. The van der Waals surface area contributed by atoms with Crippen LogP contribution < -0.4 is 10.5 Å². The Morgan fingerprint density at radius 1 is 1.25 bits per heavy atom. The summed E-state index contributed by atoms with van der Waals surface area (Å²) >= 11 is 0. The molecular weight excluding hydrogens is 256 g/mol. The van der Waals surface area contributed by atoms with Crippen LogP contribution in [0.2, 0.25) is 0 Å². The number of nitrogens with two attached hydrogens (primary N) is 1. The summed E-state index contributed by atoms with van der Waals surface area (Å²) in [5.74, 6) is 1.52. The van der Waals surface area contributed by atoms with Gasteiger partial charge in [0, 0.05) is 19.2 Å². The molecule has 6 nitrogen and oxygen atoms in total. The molecule has 20 heavy (non-hydrogen) atoms. The highest BCUT2D eigenvalue weighted by Gasteiger charge is 2.10. The number of nitrogens with zero attached hydrogens (tertiary/aromatic N) is 3. The van der Waals surface area contributed by atoms with Crippen molar-refractivity contribution in [2.45, 2.75) is 32.8 Å². The molecule has 1 aliphatic heterocycles. The fourth-order valence-corrected chi connectivity index (χ4v) is 2.29. The first-order chi connectivity index (χ1) is 9.78. The quantitative estimate of drug-likeness (QED) is 0.815. The van der Waals surface area contributed by atoms with Gasteiger partial charge in [0.2, 0.25) is 5.88 Å². The van der Waals surface area contributed by atoms with E-state index in [1.165, 1.54) is 32.4 Å². The highest BCUT2D eigenvalue weighted by atomic mass is 16.5. The molecule has 0 aliphatic carbocycles. The zero-order valence-electron chi connectivity index (χ0n) is 12.2. The third-order valence-corrected chi connectivity index (χ3v) is 3.31. The van der Waals surface area contributed by atoms with Gasteiger partial charge in [0.25, 0.3) is 0 Å². The Hall–Kier alpha value is -1.40. The van der Waals surface area contributed by atoms with Crippen molar-refractivity contribution in [3.63, 3.8) is 0 Å². The third-order valence-electron chi connectivity index (χ3n) is 3.31. The number of ether oxygens (including phenoxy) is 2. The Morgan fingerprint density at radius 2 is 2.05 bits per heavy atom. The molecule has 1 fully saturated rings. The van der Waals surface area contributed by atoms with Gasteiger partial charge in [-0.1, -0.05) is 6.42 Å². The van der Waals surface area contributed by atoms with Crippen LogP contribution in [-0.4, -0.2) is 47.7 Å². The summed E-state index contributed by atoms with van der Waals surface area (Å²) in [5.41, 5.74) is 5.75. The molecule has 2 N–H and O–H groups in total. The summed E-state index contributed by atoms with van der Waals surface area (Å²) in [6.07, 6.45) is 3.93. The van der Waals surface area contributed by atoms with Crippen molar-refractivity contribution in [1.29, 1.82) is 0 Å². The van der Waals surface area contributed by atoms with E-state index in [-0.39, 0.29) is 0 Å². The lowest BCUT2D eigenvalue weighted by Gasteiger charge is -2.26. The summed E-state index contributed by atoms with van der Waals surface area (Å²) in [6, 6.07) is 1.66. The van der Waals surface area contributed by atoms with Crippen LogP contribution in [0.3, 0.4) is 0 Å². The van der Waals surface area contributed by atoms with Gasteiger partial charge in [-0.3, -0.25) is 4.90 Å². The lowest BCUT2D eigenvalue weighted by Crippen LogP contribution is -2.33. The van der Waals surface area contributed by atoms with Crippen molar-refractivity contribution in [2.75, 3.05) is 38.6 Å². The number of hydrogen-bond donors (Lipinski definition) is 1. The van der Waals surface area contributed by atoms with Crippen molar-refractivity contribution in [3.05, 3.63) is 11.9 Å². The minimum atomic E-state index is 0.365. The Labute approximate surface area is 120 Å². The fraction of sp³-hybridized carbons (Fsp3) is 0.714. The molecule has 0 atom stereocenters. The number of piperidine rings is 1. The summed E-state index contributed by atoms with van der Waals surface area (Å²) in [5, 5.41) is 0. The number of rotatable bonds is 7. The molecule has 1 aliphatic rings. The van der Waals surface area contributed by atoms with Crippen molar-refractivity contribution < 1.29 is 9.47 Å². The Kier molecular flexibility index (Phi) is 6.01. The highest BCUT2D eigenvalue weighted by Crippen LogP contribution is 2.12. The number of aromatic nitrogens is 2. The largest absolute Gasteiger partial charge is 0.476 e. The van der Waals surface area contributed by atoms with E-state index < -0.39 is 0 Å². The molecule has 0 amide bonds. The van der Waals surface area contributed by atoms with E-state index in [2.05, 4.69) is 14.9 Å². The zero-order valence-corrected chi connectivity index (χ0v) is 12.2. The molecule has 0 aromatic carbocycles. The summed E-state index contributed by atoms with van der Waals surface area (Å²) in [7, 11) is 0. The molecule has 1 aromatic rings. The van der Waals surface area contributed by atoms with Crippen LogP contribution in [0.1, 0.15) is 32.0 Å². The van der Waals surface area contributed by atoms with Gasteiger partial charge in [-0.25, -0.2) is 4.98 Å². The normalized spacial score (nSPS) is 16.2. The first-order valence-corrected chi connectivity index (χ1v) is 7.34. The second-order valence-corrected chi connectivity index (χ2v) is 4.94. The van der Waals surface area contributed by atoms with Crippen molar-refractivity contribution >= 4 is 5.82 Å². The first-order valence-electron chi connectivity index (χ1n) is 7.34. The molecule has 0 bridgehead atoms. The van der Waals surface area contributed by atoms with Gasteiger partial charge in [-0.05, 0) is 32.9 Å². The Morgan fingerprint density at radius 3 is 2.80 bits per heavy atom. The van der Waals surface area contributed by atoms with E-state index in [4.69, 9.17) is 15.2 Å². The minimum Gasteiger partial charge on any atom is -0.476 e. The third kappa shape index (κ3) is 4.94. The highest BCUT2D eigenvalue weighted by molar-refractivity contribution is 5.32. The Balaban J connectivity index is 1.80. The molecule has 0 spiro atoms. The summed E-state index contributed by atoms with van der Waals surface area (Å²) < 4.78 is 11.0. The Bertz CT molecular complexity index is 408. The predicted molar refractivity (Wildman–Crippen MR) is 77.6 cm³/mol. The second kappa shape index (κ2) is 8.01. The van der Waals surface area contributed by atoms with Gasteiger partial charge in [-0.2, -0.15) is 4.98 Å². The van der Waals surface area contributed by atoms with Crippen LogP contribution in [0.4, 0.5) is 5.82 Å². The lowest BCUT2D eigenvalue weighted by atomic mass is 10.1. The van der Waals surface area contributed by atoms with E-state index in [0.29, 0.717) is 37.3 Å². The molecule has 6 heteroatoms. The molecule has 0 unspecified atom stereocenters. The maximum atomic E-state index is 5.75. The average Bonchev–Trinajstić information content (AvgIpc) is 2.46. The van der Waals surface area contributed by atoms with Crippen molar-refractivity contribution in [1.82, 2.24) is 14.9 Å². The van der Waals surface area contributed by atoms with Gasteiger partial charge in [0.15, 0.2) is 5.82 Å². The van der Waals surface area contributed by atoms with Crippen LogP contribution in [0.15, 0.2) is 6.07 Å². The van der Waals surface area contributed by atoms with Crippen LogP contribution in [0.25, 0.3) is 0 Å². The van der Waals surface area contributed by atoms with Gasteiger partial charge in [0.1, 0.15) is 19.0 Å². The first kappa shape index (κ1) is 15.0. The smallest absolute Gasteiger partial charge is 0.218 e. The number of likely N-dealkylation sites (tertiary alicyclic amines) is 1. The summed E-state index contributed by atoms with van der Waals surface area (Å²) in [6.45, 7) is 6.83. The number of anilines is 1. The van der Waals surface area contributed by atoms with Gasteiger partial charge < -0.3 is 15.2 Å². The van der Waals surface area contributed by atoms with E-state index in [9.17, 15) is 0 Å². The van der Waals surface area contributed by atoms with E-state index in [1.807, 2.05) is 6.92 Å². The van der Waals surface area contributed by atoms with Crippen LogP contribution in [0.5, 0.6) is 5.88 Å². The SMILES string of the molecule is CCOCc1nc(N)cc(OCCN2CCCCC2)n1. The van der Waals surface area contributed by atoms with E-state index >= 15 is 0 Å². The minimum absolute atomic E-state index is 0.365. The summed E-state index contributed by atoms with van der Waals surface area (Å²) in [4.78, 5) is 10.8. The van der Waals surface area contributed by atoms with Crippen molar-refractivity contribution in [3.8, 4) is 5.88 Å². The standard InChI is InChI=1S/C14H24N4O2/c1-2-19-11-13-16-12(15)10-14(17-13)20-9-8-18-6-4-3-5-7-18/h10H,2-9,11H2,1H3,(H2,15,16,17). The number of nitrogen functional groups attached to an aromatic ring is 1. The fourth-order valence-electron chi connectivity index (χ4n) is 2.29. The second-order valence-electron chi connectivity index (χ2n) is 4.94. The topological polar surface area (TPSA) is 73.5 Å². The van der Waals surface area contributed by atoms with Crippen LogP contribution >= 0.6 is 0 Å². The monoisotopic (exact) mass is 280 g/mol.